The molecule has 1 rings (SSSR count). The fourth-order valence-electron chi connectivity index (χ4n) is 1.94. The summed E-state index contributed by atoms with van der Waals surface area (Å²) < 4.78 is 50.8. The molecule has 2 atom stereocenters. The summed E-state index contributed by atoms with van der Waals surface area (Å²) in [6.07, 6.45) is -5.48. The van der Waals surface area contributed by atoms with E-state index in [1.165, 1.54) is 12.1 Å². The first kappa shape index (κ1) is 19.2. The molecule has 0 spiro atoms. The number of urea groups is 1. The van der Waals surface area contributed by atoms with Crippen LogP contribution in [0.4, 0.5) is 22.4 Å². The monoisotopic (exact) mass is 336 g/mol. The van der Waals surface area contributed by atoms with Gasteiger partial charge in [-0.25, -0.2) is 9.18 Å². The number of carbonyl (C=O) groups is 1. The number of aliphatic hydroxyl groups is 1. The molecule has 0 aliphatic rings. The minimum absolute atomic E-state index is 0.142. The summed E-state index contributed by atoms with van der Waals surface area (Å²) in [6.45, 7) is 1.92. The molecule has 1 aromatic rings. The lowest BCUT2D eigenvalue weighted by Crippen LogP contribution is -2.40. The van der Waals surface area contributed by atoms with Gasteiger partial charge in [0, 0.05) is 6.54 Å². The van der Waals surface area contributed by atoms with Crippen LogP contribution in [-0.2, 0) is 0 Å². The van der Waals surface area contributed by atoms with Gasteiger partial charge in [0.25, 0.3) is 0 Å². The quantitative estimate of drug-likeness (QED) is 0.669. The number of aliphatic hydroxyl groups excluding tert-OH is 1. The molecule has 2 unspecified atom stereocenters. The molecule has 0 radical (unpaired) electrons. The molecule has 130 valence electrons. The maximum Gasteiger partial charge on any atom is 0.391 e. The highest BCUT2D eigenvalue weighted by Crippen LogP contribution is 2.29. The van der Waals surface area contributed by atoms with Gasteiger partial charge in [0.15, 0.2) is 0 Å². The van der Waals surface area contributed by atoms with E-state index in [-0.39, 0.29) is 12.1 Å². The molecule has 2 amide bonds. The molecule has 0 bridgehead atoms. The van der Waals surface area contributed by atoms with Gasteiger partial charge in [-0.3, -0.25) is 0 Å². The molecule has 3 N–H and O–H groups in total. The first-order chi connectivity index (χ1) is 10.7. The first-order valence-electron chi connectivity index (χ1n) is 7.26. The summed E-state index contributed by atoms with van der Waals surface area (Å²) in [7, 11) is 0. The average Bonchev–Trinajstić information content (AvgIpc) is 2.45. The molecule has 0 fully saturated rings. The van der Waals surface area contributed by atoms with E-state index in [0.717, 1.165) is 12.1 Å². The van der Waals surface area contributed by atoms with Gasteiger partial charge in [-0.15, -0.1) is 0 Å². The fourth-order valence-corrected chi connectivity index (χ4v) is 1.94. The van der Waals surface area contributed by atoms with Crippen molar-refractivity contribution >= 4 is 6.03 Å². The number of nitrogens with one attached hydrogen (secondary N) is 2. The van der Waals surface area contributed by atoms with Gasteiger partial charge in [-0.2, -0.15) is 13.2 Å². The number of hydrogen-bond donors (Lipinski definition) is 3. The summed E-state index contributed by atoms with van der Waals surface area (Å²) >= 11 is 0. The van der Waals surface area contributed by atoms with Crippen LogP contribution < -0.4 is 10.6 Å². The van der Waals surface area contributed by atoms with Crippen LogP contribution >= 0.6 is 0 Å². The summed E-state index contributed by atoms with van der Waals surface area (Å²) in [5.41, 5.74) is 0.160. The number of benzene rings is 1. The average molecular weight is 336 g/mol. The number of hydrogen-bond acceptors (Lipinski definition) is 2. The molecule has 0 saturated carbocycles. The van der Waals surface area contributed by atoms with Crippen LogP contribution in [0.2, 0.25) is 0 Å². The van der Waals surface area contributed by atoms with Crippen molar-refractivity contribution < 1.29 is 27.5 Å². The van der Waals surface area contributed by atoms with Gasteiger partial charge < -0.3 is 15.7 Å². The molecular formula is C15H20F4N2O2. The highest BCUT2D eigenvalue weighted by molar-refractivity contribution is 5.74. The van der Waals surface area contributed by atoms with Crippen molar-refractivity contribution in [2.75, 3.05) is 6.54 Å². The van der Waals surface area contributed by atoms with Crippen molar-refractivity contribution in [3.05, 3.63) is 35.6 Å². The third-order valence-corrected chi connectivity index (χ3v) is 3.25. The third-order valence-electron chi connectivity index (χ3n) is 3.25. The van der Waals surface area contributed by atoms with Gasteiger partial charge in [0.2, 0.25) is 0 Å². The van der Waals surface area contributed by atoms with Crippen molar-refractivity contribution in [2.45, 2.75) is 44.5 Å². The second kappa shape index (κ2) is 8.71. The Kier molecular flexibility index (Phi) is 7.28. The number of alkyl halides is 3. The van der Waals surface area contributed by atoms with Crippen LogP contribution in [0.1, 0.15) is 37.8 Å². The van der Waals surface area contributed by atoms with E-state index in [1.54, 1.807) is 6.92 Å². The lowest BCUT2D eigenvalue weighted by Gasteiger charge is -2.21. The zero-order chi connectivity index (χ0) is 17.5. The second-order valence-electron chi connectivity index (χ2n) is 5.17. The van der Waals surface area contributed by atoms with Crippen molar-refractivity contribution in [1.29, 1.82) is 0 Å². The molecular weight excluding hydrogens is 316 g/mol. The zero-order valence-corrected chi connectivity index (χ0v) is 12.7. The van der Waals surface area contributed by atoms with Gasteiger partial charge in [-0.1, -0.05) is 19.1 Å². The van der Waals surface area contributed by atoms with Crippen LogP contribution in [0.25, 0.3) is 0 Å². The van der Waals surface area contributed by atoms with Crippen molar-refractivity contribution in [3.8, 4) is 0 Å². The van der Waals surface area contributed by atoms with E-state index in [1.807, 2.05) is 0 Å². The number of halogens is 4. The Morgan fingerprint density at radius 2 is 1.87 bits per heavy atom. The highest BCUT2D eigenvalue weighted by atomic mass is 19.4. The maximum atomic E-state index is 12.9. The molecule has 8 heteroatoms. The Hall–Kier alpha value is -1.83. The second-order valence-corrected chi connectivity index (χ2v) is 5.17. The van der Waals surface area contributed by atoms with Crippen LogP contribution in [0.3, 0.4) is 0 Å². The van der Waals surface area contributed by atoms with E-state index in [4.69, 9.17) is 0 Å². The van der Waals surface area contributed by atoms with Crippen LogP contribution in [-0.4, -0.2) is 30.0 Å². The largest absolute Gasteiger partial charge is 0.393 e. The lowest BCUT2D eigenvalue weighted by atomic mass is 10.0. The first-order valence-corrected chi connectivity index (χ1v) is 7.26. The summed E-state index contributed by atoms with van der Waals surface area (Å²) in [6, 6.07) is 2.39. The molecule has 0 aliphatic carbocycles. The van der Waals surface area contributed by atoms with Crippen molar-refractivity contribution in [2.24, 2.45) is 0 Å². The smallest absolute Gasteiger partial charge is 0.391 e. The SMILES string of the molecule is CCC(O)CCNC(=O)NC(CC(F)(F)F)c1ccc(F)cc1. The normalized spacial score (nSPS) is 14.2. The van der Waals surface area contributed by atoms with Gasteiger partial charge in [0.1, 0.15) is 5.82 Å². The Morgan fingerprint density at radius 3 is 2.39 bits per heavy atom. The lowest BCUT2D eigenvalue weighted by molar-refractivity contribution is -0.139. The number of amides is 2. The van der Waals surface area contributed by atoms with E-state index < -0.39 is 36.6 Å². The zero-order valence-electron chi connectivity index (χ0n) is 12.7. The topological polar surface area (TPSA) is 61.4 Å². The fraction of sp³-hybridized carbons (Fsp3) is 0.533. The van der Waals surface area contributed by atoms with E-state index in [2.05, 4.69) is 10.6 Å². The Bertz CT molecular complexity index is 491. The Morgan fingerprint density at radius 1 is 1.26 bits per heavy atom. The van der Waals surface area contributed by atoms with Crippen LogP contribution in [0.15, 0.2) is 24.3 Å². The molecule has 1 aromatic carbocycles. The molecule has 0 saturated heterocycles. The summed E-state index contributed by atoms with van der Waals surface area (Å²) in [5, 5.41) is 14.0. The Balaban J connectivity index is 2.66. The van der Waals surface area contributed by atoms with Gasteiger partial charge in [-0.05, 0) is 30.5 Å². The molecule has 0 aliphatic heterocycles. The summed E-state index contributed by atoms with van der Waals surface area (Å²) in [5.74, 6) is -0.572. The highest BCUT2D eigenvalue weighted by Gasteiger charge is 2.33. The third kappa shape index (κ3) is 7.83. The minimum Gasteiger partial charge on any atom is -0.393 e. The maximum absolute atomic E-state index is 12.9. The van der Waals surface area contributed by atoms with E-state index in [0.29, 0.717) is 12.8 Å². The Labute approximate surface area is 131 Å². The number of rotatable bonds is 7. The molecule has 4 nitrogen and oxygen atoms in total. The molecule has 0 heterocycles. The number of carbonyl (C=O) groups excluding carboxylic acids is 1. The van der Waals surface area contributed by atoms with E-state index >= 15 is 0 Å². The summed E-state index contributed by atoms with van der Waals surface area (Å²) in [4.78, 5) is 11.7. The predicted octanol–water partition coefficient (Wildman–Crippen LogP) is 3.28. The van der Waals surface area contributed by atoms with Gasteiger partial charge in [0.05, 0.1) is 18.6 Å². The standard InChI is InChI=1S/C15H20F4N2O2/c1-2-12(22)7-8-20-14(23)21-13(9-15(17,18)19)10-3-5-11(16)6-4-10/h3-6,12-13,22H,2,7-9H2,1H3,(H2,20,21,23). The van der Waals surface area contributed by atoms with Gasteiger partial charge >= 0.3 is 12.2 Å². The molecule has 0 aromatic heterocycles. The van der Waals surface area contributed by atoms with Crippen LogP contribution in [0.5, 0.6) is 0 Å². The predicted molar refractivity (Wildman–Crippen MR) is 77.3 cm³/mol. The minimum atomic E-state index is -4.48. The molecule has 23 heavy (non-hydrogen) atoms. The van der Waals surface area contributed by atoms with Crippen molar-refractivity contribution in [1.82, 2.24) is 10.6 Å². The van der Waals surface area contributed by atoms with Crippen LogP contribution in [0, 0.1) is 5.82 Å². The van der Waals surface area contributed by atoms with Crippen molar-refractivity contribution in [3.63, 3.8) is 0 Å². The van der Waals surface area contributed by atoms with E-state index in [9.17, 15) is 27.5 Å².